The van der Waals surface area contributed by atoms with Crippen LogP contribution in [0.25, 0.3) is 11.8 Å². The number of nitrogens with zero attached hydrogens (tertiary/aromatic N) is 2. The molecule has 5 nitrogen and oxygen atoms in total. The number of nitriles is 1. The fourth-order valence-electron chi connectivity index (χ4n) is 3.17. The van der Waals surface area contributed by atoms with E-state index in [1.807, 2.05) is 29.0 Å². The number of carbonyl (C=O) groups excluding carboxylic acids is 1. The van der Waals surface area contributed by atoms with Crippen LogP contribution in [0.3, 0.4) is 0 Å². The highest BCUT2D eigenvalue weighted by Crippen LogP contribution is 2.20. The number of rotatable bonds is 4. The third kappa shape index (κ3) is 4.10. The Balaban J connectivity index is 1.81. The second-order valence-corrected chi connectivity index (χ2v) is 6.30. The molecule has 1 heterocycles. The Bertz CT molecular complexity index is 806. The van der Waals surface area contributed by atoms with Crippen molar-refractivity contribution in [3.63, 3.8) is 0 Å². The molecule has 0 unspecified atom stereocenters. The summed E-state index contributed by atoms with van der Waals surface area (Å²) in [6.07, 6.45) is 8.88. The third-order valence-electron chi connectivity index (χ3n) is 4.51. The molecule has 1 aromatic carbocycles. The molecule has 1 amide bonds. The molecule has 2 aromatic rings. The predicted molar refractivity (Wildman–Crippen MR) is 96.0 cm³/mol. The van der Waals surface area contributed by atoms with Crippen LogP contribution in [-0.2, 0) is 4.79 Å². The number of amides is 1. The SMILES string of the molecule is N#CC(=Cc1cccn1-c1ccc(O)cc1)C(=O)NC1CCCCC1. The Kier molecular flexibility index (Phi) is 5.20. The van der Waals surface area contributed by atoms with Crippen molar-refractivity contribution in [1.82, 2.24) is 9.88 Å². The van der Waals surface area contributed by atoms with Crippen LogP contribution in [-0.4, -0.2) is 21.6 Å². The van der Waals surface area contributed by atoms with Crippen LogP contribution in [0.15, 0.2) is 48.2 Å². The van der Waals surface area contributed by atoms with Gasteiger partial charge in [-0.15, -0.1) is 0 Å². The van der Waals surface area contributed by atoms with Gasteiger partial charge in [-0.3, -0.25) is 4.79 Å². The third-order valence-corrected chi connectivity index (χ3v) is 4.51. The largest absolute Gasteiger partial charge is 0.508 e. The summed E-state index contributed by atoms with van der Waals surface area (Å²) in [5.41, 5.74) is 1.68. The first-order valence-electron chi connectivity index (χ1n) is 8.57. The van der Waals surface area contributed by atoms with Crippen molar-refractivity contribution in [3.8, 4) is 17.5 Å². The summed E-state index contributed by atoms with van der Waals surface area (Å²) >= 11 is 0. The molecule has 0 bridgehead atoms. The average Bonchev–Trinajstić information content (AvgIpc) is 3.09. The topological polar surface area (TPSA) is 78.1 Å². The van der Waals surface area contributed by atoms with E-state index in [2.05, 4.69) is 5.32 Å². The lowest BCUT2D eigenvalue weighted by Gasteiger charge is -2.22. The minimum Gasteiger partial charge on any atom is -0.508 e. The quantitative estimate of drug-likeness (QED) is 0.662. The van der Waals surface area contributed by atoms with Crippen molar-refractivity contribution in [3.05, 3.63) is 53.9 Å². The van der Waals surface area contributed by atoms with Crippen LogP contribution >= 0.6 is 0 Å². The minimum atomic E-state index is -0.312. The van der Waals surface area contributed by atoms with Crippen molar-refractivity contribution in [2.75, 3.05) is 0 Å². The van der Waals surface area contributed by atoms with E-state index < -0.39 is 0 Å². The molecule has 25 heavy (non-hydrogen) atoms. The molecule has 0 saturated heterocycles. The number of phenols is 1. The van der Waals surface area contributed by atoms with Gasteiger partial charge in [0.25, 0.3) is 5.91 Å². The van der Waals surface area contributed by atoms with Crippen molar-refractivity contribution in [2.45, 2.75) is 38.1 Å². The number of benzene rings is 1. The Hall–Kier alpha value is -3.00. The van der Waals surface area contributed by atoms with Gasteiger partial charge in [0.05, 0.1) is 0 Å². The number of aromatic nitrogens is 1. The van der Waals surface area contributed by atoms with E-state index in [1.54, 1.807) is 30.3 Å². The van der Waals surface area contributed by atoms with E-state index in [4.69, 9.17) is 0 Å². The fraction of sp³-hybridized carbons (Fsp3) is 0.300. The van der Waals surface area contributed by atoms with E-state index >= 15 is 0 Å². The lowest BCUT2D eigenvalue weighted by Crippen LogP contribution is -2.36. The fourth-order valence-corrected chi connectivity index (χ4v) is 3.17. The van der Waals surface area contributed by atoms with E-state index in [1.165, 1.54) is 6.42 Å². The molecule has 1 aromatic heterocycles. The van der Waals surface area contributed by atoms with Crippen LogP contribution in [0.1, 0.15) is 37.8 Å². The predicted octanol–water partition coefficient (Wildman–Crippen LogP) is 3.54. The van der Waals surface area contributed by atoms with Gasteiger partial charge in [0.15, 0.2) is 0 Å². The number of hydrogen-bond acceptors (Lipinski definition) is 3. The molecular weight excluding hydrogens is 314 g/mol. The Morgan fingerprint density at radius 3 is 2.60 bits per heavy atom. The van der Waals surface area contributed by atoms with Crippen LogP contribution in [0.4, 0.5) is 0 Å². The number of aromatic hydroxyl groups is 1. The molecule has 1 aliphatic carbocycles. The molecular formula is C20H21N3O2. The van der Waals surface area contributed by atoms with Gasteiger partial charge in [0.1, 0.15) is 17.4 Å². The van der Waals surface area contributed by atoms with Crippen molar-refractivity contribution in [2.24, 2.45) is 0 Å². The number of carbonyl (C=O) groups is 1. The van der Waals surface area contributed by atoms with Crippen LogP contribution in [0.2, 0.25) is 0 Å². The highest BCUT2D eigenvalue weighted by molar-refractivity contribution is 6.01. The molecule has 0 spiro atoms. The first-order chi connectivity index (χ1) is 12.2. The molecule has 128 valence electrons. The van der Waals surface area contributed by atoms with Gasteiger partial charge in [0.2, 0.25) is 0 Å². The molecule has 1 aliphatic rings. The number of hydrogen-bond donors (Lipinski definition) is 2. The van der Waals surface area contributed by atoms with Crippen molar-refractivity contribution >= 4 is 12.0 Å². The summed E-state index contributed by atoms with van der Waals surface area (Å²) in [5.74, 6) is -0.120. The van der Waals surface area contributed by atoms with E-state index in [0.717, 1.165) is 37.1 Å². The average molecular weight is 335 g/mol. The zero-order valence-electron chi connectivity index (χ0n) is 14.0. The summed E-state index contributed by atoms with van der Waals surface area (Å²) in [4.78, 5) is 12.4. The lowest BCUT2D eigenvalue weighted by atomic mass is 9.95. The summed E-state index contributed by atoms with van der Waals surface area (Å²) in [7, 11) is 0. The van der Waals surface area contributed by atoms with Crippen LogP contribution < -0.4 is 5.32 Å². The maximum atomic E-state index is 12.4. The van der Waals surface area contributed by atoms with Crippen molar-refractivity contribution in [1.29, 1.82) is 5.26 Å². The van der Waals surface area contributed by atoms with E-state index in [9.17, 15) is 15.2 Å². The van der Waals surface area contributed by atoms with Gasteiger partial charge in [-0.1, -0.05) is 19.3 Å². The van der Waals surface area contributed by atoms with E-state index in [0.29, 0.717) is 0 Å². The second kappa shape index (κ2) is 7.71. The summed E-state index contributed by atoms with van der Waals surface area (Å²) in [6.45, 7) is 0. The van der Waals surface area contributed by atoms with Crippen LogP contribution in [0.5, 0.6) is 5.75 Å². The molecule has 3 rings (SSSR count). The van der Waals surface area contributed by atoms with Gasteiger partial charge in [-0.25, -0.2) is 0 Å². The smallest absolute Gasteiger partial charge is 0.262 e. The zero-order chi connectivity index (χ0) is 17.6. The van der Waals surface area contributed by atoms with Gasteiger partial charge >= 0.3 is 0 Å². The van der Waals surface area contributed by atoms with Gasteiger partial charge < -0.3 is 15.0 Å². The zero-order valence-corrected chi connectivity index (χ0v) is 14.0. The molecule has 0 radical (unpaired) electrons. The summed E-state index contributed by atoms with van der Waals surface area (Å²) in [5, 5.41) is 21.8. The van der Waals surface area contributed by atoms with Crippen LogP contribution in [0, 0.1) is 11.3 Å². The highest BCUT2D eigenvalue weighted by atomic mass is 16.3. The first-order valence-corrected chi connectivity index (χ1v) is 8.57. The lowest BCUT2D eigenvalue weighted by molar-refractivity contribution is -0.117. The molecule has 0 aliphatic heterocycles. The van der Waals surface area contributed by atoms with Crippen molar-refractivity contribution < 1.29 is 9.90 Å². The normalized spacial score (nSPS) is 15.6. The Labute approximate surface area is 147 Å². The Morgan fingerprint density at radius 1 is 1.20 bits per heavy atom. The summed E-state index contributed by atoms with van der Waals surface area (Å²) in [6, 6.07) is 12.6. The maximum absolute atomic E-state index is 12.4. The van der Waals surface area contributed by atoms with E-state index in [-0.39, 0.29) is 23.3 Å². The molecule has 1 saturated carbocycles. The monoisotopic (exact) mass is 335 g/mol. The molecule has 0 atom stereocenters. The maximum Gasteiger partial charge on any atom is 0.262 e. The van der Waals surface area contributed by atoms with Gasteiger partial charge in [0, 0.05) is 23.6 Å². The molecule has 5 heteroatoms. The summed E-state index contributed by atoms with van der Waals surface area (Å²) < 4.78 is 1.87. The van der Waals surface area contributed by atoms with Gasteiger partial charge in [-0.05, 0) is 55.3 Å². The second-order valence-electron chi connectivity index (χ2n) is 6.30. The number of nitrogens with one attached hydrogen (secondary N) is 1. The minimum absolute atomic E-state index is 0.101. The van der Waals surface area contributed by atoms with Gasteiger partial charge in [-0.2, -0.15) is 5.26 Å². The first kappa shape index (κ1) is 16.8. The number of phenolic OH excluding ortho intramolecular Hbond substituents is 1. The molecule has 1 fully saturated rings. The standard InChI is InChI=1S/C20H21N3O2/c21-14-15(20(25)22-16-5-2-1-3-6-16)13-18-7-4-12-23(18)17-8-10-19(24)11-9-17/h4,7-13,16,24H,1-3,5-6H2,(H,22,25). The highest BCUT2D eigenvalue weighted by Gasteiger charge is 2.18. The molecule has 2 N–H and O–H groups in total. The Morgan fingerprint density at radius 2 is 1.92 bits per heavy atom.